The highest BCUT2D eigenvalue weighted by molar-refractivity contribution is 6.03. The van der Waals surface area contributed by atoms with Crippen molar-refractivity contribution >= 4 is 17.8 Å². The smallest absolute Gasteiger partial charge is 0.322 e. The molecule has 2 N–H and O–H groups in total. The van der Waals surface area contributed by atoms with Gasteiger partial charge in [0.1, 0.15) is 11.9 Å². The molecular weight excluding hydrogens is 507 g/mol. The molecule has 3 aromatic rings. The predicted molar refractivity (Wildman–Crippen MR) is 150 cm³/mol. The second-order valence-corrected chi connectivity index (χ2v) is 10.3. The zero-order chi connectivity index (χ0) is 28.4. The second kappa shape index (κ2) is 11.3. The molecule has 5 rings (SSSR count). The maximum Gasteiger partial charge on any atom is 0.322 e. The molecule has 2 aliphatic rings. The molecule has 2 aliphatic heterocycles. The Morgan fingerprint density at radius 3 is 2.42 bits per heavy atom. The molecule has 206 valence electrons. The van der Waals surface area contributed by atoms with Crippen LogP contribution in [0.2, 0.25) is 0 Å². The number of hydrogen-bond acceptors (Lipinski definition) is 3. The summed E-state index contributed by atoms with van der Waals surface area (Å²) in [6.45, 7) is 6.58. The lowest BCUT2D eigenvalue weighted by molar-refractivity contribution is -0.136. The van der Waals surface area contributed by atoms with Gasteiger partial charge in [0.2, 0.25) is 5.91 Å². The summed E-state index contributed by atoms with van der Waals surface area (Å²) in [6, 6.07) is 19.8. The fourth-order valence-corrected chi connectivity index (χ4v) is 5.57. The number of rotatable bonds is 8. The van der Waals surface area contributed by atoms with E-state index in [-0.39, 0.29) is 36.8 Å². The first-order valence-corrected chi connectivity index (χ1v) is 13.5. The third kappa shape index (κ3) is 5.34. The maximum atomic E-state index is 14.2. The first-order chi connectivity index (χ1) is 19.3. The number of nitrogens with one attached hydrogen (secondary N) is 2. The van der Waals surface area contributed by atoms with Crippen molar-refractivity contribution in [1.29, 1.82) is 0 Å². The zero-order valence-corrected chi connectivity index (χ0v) is 22.9. The SMILES string of the molecule is CCN1C(=O)N[C@@H](c2ccc(C)cc2C)C2=C1CN([C@@H](Cc1ccccc1)C(=O)NCc1ccc(F)cc1)C2=O. The monoisotopic (exact) mass is 540 g/mol. The summed E-state index contributed by atoms with van der Waals surface area (Å²) in [5, 5.41) is 5.98. The molecule has 8 heteroatoms. The topological polar surface area (TPSA) is 81.8 Å². The minimum Gasteiger partial charge on any atom is -0.350 e. The van der Waals surface area contributed by atoms with Gasteiger partial charge in [-0.1, -0.05) is 66.2 Å². The first kappa shape index (κ1) is 27.1. The Morgan fingerprint density at radius 1 is 1.02 bits per heavy atom. The molecule has 2 atom stereocenters. The summed E-state index contributed by atoms with van der Waals surface area (Å²) >= 11 is 0. The van der Waals surface area contributed by atoms with Crippen molar-refractivity contribution < 1.29 is 18.8 Å². The molecule has 0 saturated carbocycles. The van der Waals surface area contributed by atoms with Crippen LogP contribution in [-0.2, 0) is 22.6 Å². The molecule has 0 spiro atoms. The van der Waals surface area contributed by atoms with Gasteiger partial charge in [-0.05, 0) is 55.2 Å². The Labute approximate surface area is 233 Å². The summed E-state index contributed by atoms with van der Waals surface area (Å²) in [6.07, 6.45) is 0.310. The third-order valence-corrected chi connectivity index (χ3v) is 7.63. The van der Waals surface area contributed by atoms with Crippen LogP contribution in [0.5, 0.6) is 0 Å². The molecule has 0 saturated heterocycles. The van der Waals surface area contributed by atoms with Crippen LogP contribution >= 0.6 is 0 Å². The van der Waals surface area contributed by atoms with Crippen molar-refractivity contribution in [2.45, 2.75) is 45.8 Å². The quantitative estimate of drug-likeness (QED) is 0.440. The predicted octanol–water partition coefficient (Wildman–Crippen LogP) is 4.55. The lowest BCUT2D eigenvalue weighted by Crippen LogP contribution is -2.49. The average Bonchev–Trinajstić information content (AvgIpc) is 3.28. The molecule has 0 radical (unpaired) electrons. The van der Waals surface area contributed by atoms with Gasteiger partial charge in [0.25, 0.3) is 5.91 Å². The van der Waals surface area contributed by atoms with Crippen LogP contribution in [0.1, 0.15) is 40.8 Å². The minimum absolute atomic E-state index is 0.151. The van der Waals surface area contributed by atoms with Gasteiger partial charge in [-0.25, -0.2) is 9.18 Å². The number of likely N-dealkylation sites (N-methyl/N-ethyl adjacent to an activating group) is 1. The summed E-state index contributed by atoms with van der Waals surface area (Å²) in [4.78, 5) is 44.2. The van der Waals surface area contributed by atoms with E-state index in [4.69, 9.17) is 0 Å². The summed E-state index contributed by atoms with van der Waals surface area (Å²) in [5.74, 6) is -0.929. The zero-order valence-electron chi connectivity index (χ0n) is 22.9. The largest absolute Gasteiger partial charge is 0.350 e. The normalized spacial score (nSPS) is 17.6. The number of carbonyl (C=O) groups excluding carboxylic acids is 3. The average molecular weight is 541 g/mol. The number of carbonyl (C=O) groups is 3. The molecule has 3 aromatic carbocycles. The fourth-order valence-electron chi connectivity index (χ4n) is 5.57. The van der Waals surface area contributed by atoms with Gasteiger partial charge in [0.15, 0.2) is 0 Å². The Bertz CT molecular complexity index is 1470. The van der Waals surface area contributed by atoms with Crippen molar-refractivity contribution in [3.8, 4) is 0 Å². The van der Waals surface area contributed by atoms with Crippen LogP contribution < -0.4 is 10.6 Å². The van der Waals surface area contributed by atoms with Gasteiger partial charge in [0.05, 0.1) is 23.9 Å². The number of nitrogens with zero attached hydrogens (tertiary/aromatic N) is 2. The highest BCUT2D eigenvalue weighted by Gasteiger charge is 2.47. The van der Waals surface area contributed by atoms with Gasteiger partial charge in [-0.2, -0.15) is 0 Å². The number of hydrogen-bond donors (Lipinski definition) is 2. The van der Waals surface area contributed by atoms with E-state index in [0.717, 1.165) is 27.8 Å². The Morgan fingerprint density at radius 2 is 1.75 bits per heavy atom. The van der Waals surface area contributed by atoms with Gasteiger partial charge >= 0.3 is 6.03 Å². The first-order valence-electron chi connectivity index (χ1n) is 13.5. The third-order valence-electron chi connectivity index (χ3n) is 7.63. The van der Waals surface area contributed by atoms with Crippen molar-refractivity contribution in [2.75, 3.05) is 13.1 Å². The van der Waals surface area contributed by atoms with Crippen LogP contribution in [-0.4, -0.2) is 46.8 Å². The molecule has 7 nitrogen and oxygen atoms in total. The summed E-state index contributed by atoms with van der Waals surface area (Å²) in [7, 11) is 0. The van der Waals surface area contributed by atoms with Gasteiger partial charge in [-0.15, -0.1) is 0 Å². The van der Waals surface area contributed by atoms with E-state index in [1.807, 2.05) is 69.3 Å². The molecule has 0 unspecified atom stereocenters. The molecular formula is C32H33FN4O3. The van der Waals surface area contributed by atoms with E-state index >= 15 is 0 Å². The van der Waals surface area contributed by atoms with Crippen LogP contribution in [0.4, 0.5) is 9.18 Å². The molecule has 0 bridgehead atoms. The Balaban J connectivity index is 1.48. The number of halogens is 1. The summed E-state index contributed by atoms with van der Waals surface area (Å²) in [5.41, 5.74) is 5.72. The molecule has 0 aliphatic carbocycles. The molecule has 0 fully saturated rings. The molecule has 40 heavy (non-hydrogen) atoms. The Kier molecular flexibility index (Phi) is 7.69. The molecule has 0 aromatic heterocycles. The van der Waals surface area contributed by atoms with E-state index < -0.39 is 12.1 Å². The maximum absolute atomic E-state index is 14.2. The number of benzene rings is 3. The van der Waals surface area contributed by atoms with Crippen LogP contribution in [0.15, 0.2) is 84.1 Å². The van der Waals surface area contributed by atoms with Gasteiger partial charge in [-0.3, -0.25) is 14.5 Å². The van der Waals surface area contributed by atoms with E-state index in [1.54, 1.807) is 21.9 Å². The van der Waals surface area contributed by atoms with Crippen LogP contribution in [0.25, 0.3) is 0 Å². The summed E-state index contributed by atoms with van der Waals surface area (Å²) < 4.78 is 13.4. The van der Waals surface area contributed by atoms with Gasteiger partial charge in [0, 0.05) is 19.5 Å². The van der Waals surface area contributed by atoms with Crippen LogP contribution in [0.3, 0.4) is 0 Å². The molecule has 4 amide bonds. The lowest BCUT2D eigenvalue weighted by Gasteiger charge is -2.33. The minimum atomic E-state index is -0.811. The van der Waals surface area contributed by atoms with Crippen LogP contribution in [0, 0.1) is 19.7 Å². The highest BCUT2D eigenvalue weighted by atomic mass is 19.1. The van der Waals surface area contributed by atoms with Crippen molar-refractivity contribution in [3.05, 3.63) is 118 Å². The number of amides is 4. The lowest BCUT2D eigenvalue weighted by atomic mass is 9.91. The van der Waals surface area contributed by atoms with Crippen molar-refractivity contribution in [3.63, 3.8) is 0 Å². The standard InChI is InChI=1S/C32H33FN4O3/c1-4-36-27-19-37(31(39)28(27)29(35-32(36)40)25-15-10-20(2)16-21(25)3)26(17-22-8-6-5-7-9-22)30(38)34-18-23-11-13-24(33)14-12-23/h5-16,26,29H,4,17-19H2,1-3H3,(H,34,38)(H,35,40)/t26-,29-/m0/s1. The Hall–Kier alpha value is -4.46. The number of urea groups is 1. The number of aryl methyl sites for hydroxylation is 2. The van der Waals surface area contributed by atoms with E-state index in [0.29, 0.717) is 24.2 Å². The van der Waals surface area contributed by atoms with Gasteiger partial charge < -0.3 is 15.5 Å². The van der Waals surface area contributed by atoms with E-state index in [9.17, 15) is 18.8 Å². The highest BCUT2D eigenvalue weighted by Crippen LogP contribution is 2.38. The second-order valence-electron chi connectivity index (χ2n) is 10.3. The van der Waals surface area contributed by atoms with Crippen molar-refractivity contribution in [2.24, 2.45) is 0 Å². The molecule has 2 heterocycles. The van der Waals surface area contributed by atoms with E-state index in [2.05, 4.69) is 10.6 Å². The fraction of sp³-hybridized carbons (Fsp3) is 0.281. The van der Waals surface area contributed by atoms with Crippen molar-refractivity contribution in [1.82, 2.24) is 20.4 Å². The van der Waals surface area contributed by atoms with E-state index in [1.165, 1.54) is 12.1 Å².